The van der Waals surface area contributed by atoms with E-state index >= 15 is 0 Å². The number of carbonyl (C=O) groups is 2. The summed E-state index contributed by atoms with van der Waals surface area (Å²) >= 11 is 0. The van der Waals surface area contributed by atoms with Crippen LogP contribution in [0.4, 0.5) is 0 Å². The Balaban J connectivity index is 1.81. The van der Waals surface area contributed by atoms with E-state index in [-0.39, 0.29) is 35.3 Å². The summed E-state index contributed by atoms with van der Waals surface area (Å²) in [5.74, 6) is 0.400. The molecule has 3 rings (SSSR count). The predicted molar refractivity (Wildman–Crippen MR) is 77.3 cm³/mol. The zero-order valence-electron chi connectivity index (χ0n) is 12.3. The molecule has 0 radical (unpaired) electrons. The van der Waals surface area contributed by atoms with Gasteiger partial charge >= 0.3 is 0 Å². The van der Waals surface area contributed by atoms with Gasteiger partial charge in [-0.2, -0.15) is 0 Å². The number of carbonyl (C=O) groups excluding carboxylic acids is 2. The van der Waals surface area contributed by atoms with Gasteiger partial charge in [0.2, 0.25) is 11.8 Å². The molecule has 1 N–H and O–H groups in total. The van der Waals surface area contributed by atoms with Gasteiger partial charge in [-0.15, -0.1) is 0 Å². The van der Waals surface area contributed by atoms with Gasteiger partial charge in [-0.05, 0) is 38.5 Å². The van der Waals surface area contributed by atoms with E-state index < -0.39 is 15.4 Å². The van der Waals surface area contributed by atoms with Crippen LogP contribution in [0.25, 0.3) is 0 Å². The van der Waals surface area contributed by atoms with Crippen LogP contribution >= 0.6 is 0 Å². The summed E-state index contributed by atoms with van der Waals surface area (Å²) < 4.78 is 23.1. The van der Waals surface area contributed by atoms with Crippen molar-refractivity contribution in [3.8, 4) is 0 Å². The first-order valence-corrected chi connectivity index (χ1v) is 9.46. The molecule has 0 aromatic carbocycles. The van der Waals surface area contributed by atoms with Crippen molar-refractivity contribution >= 4 is 21.7 Å². The minimum atomic E-state index is -2.94. The first-order chi connectivity index (χ1) is 9.82. The quantitative estimate of drug-likeness (QED) is 0.782. The predicted octanol–water partition coefficient (Wildman–Crippen LogP) is 0.0808. The Hall–Kier alpha value is -1.11. The van der Waals surface area contributed by atoms with Crippen LogP contribution in [0.5, 0.6) is 0 Å². The van der Waals surface area contributed by atoms with Gasteiger partial charge in [0.15, 0.2) is 0 Å². The molecule has 3 fully saturated rings. The Bertz CT molecular complexity index is 556. The SMILES string of the molecule is CC1(C2CC2)NC(=O)CCN(C2CCS(=O)(=O)CC2)C1=O. The summed E-state index contributed by atoms with van der Waals surface area (Å²) in [5.41, 5.74) is -0.802. The third kappa shape index (κ3) is 2.80. The van der Waals surface area contributed by atoms with E-state index in [4.69, 9.17) is 0 Å². The Labute approximate surface area is 125 Å². The molecule has 0 bridgehead atoms. The highest BCUT2D eigenvalue weighted by molar-refractivity contribution is 7.91. The van der Waals surface area contributed by atoms with Crippen LogP contribution in [0, 0.1) is 5.92 Å². The third-order valence-corrected chi connectivity index (χ3v) is 6.76. The van der Waals surface area contributed by atoms with Crippen molar-refractivity contribution in [1.29, 1.82) is 0 Å². The Morgan fingerprint density at radius 1 is 1.14 bits per heavy atom. The van der Waals surface area contributed by atoms with E-state index in [0.29, 0.717) is 25.8 Å². The van der Waals surface area contributed by atoms with Crippen molar-refractivity contribution in [3.63, 3.8) is 0 Å². The van der Waals surface area contributed by atoms with Gasteiger partial charge in [0, 0.05) is 19.0 Å². The Morgan fingerprint density at radius 2 is 1.76 bits per heavy atom. The second-order valence-electron chi connectivity index (χ2n) is 6.66. The first-order valence-electron chi connectivity index (χ1n) is 7.64. The molecule has 1 saturated carbocycles. The summed E-state index contributed by atoms with van der Waals surface area (Å²) in [5, 5.41) is 2.90. The van der Waals surface area contributed by atoms with Gasteiger partial charge in [-0.1, -0.05) is 0 Å². The number of amides is 2. The average Bonchev–Trinajstić information content (AvgIpc) is 3.24. The molecule has 2 amide bonds. The molecule has 118 valence electrons. The van der Waals surface area contributed by atoms with Crippen LogP contribution in [0.3, 0.4) is 0 Å². The molecule has 2 aliphatic heterocycles. The Kier molecular flexibility index (Phi) is 3.50. The lowest BCUT2D eigenvalue weighted by atomic mass is 9.93. The molecule has 0 aromatic rings. The summed E-state index contributed by atoms with van der Waals surface area (Å²) in [6.45, 7) is 2.22. The highest BCUT2D eigenvalue weighted by Crippen LogP contribution is 2.42. The number of rotatable bonds is 2. The van der Waals surface area contributed by atoms with Crippen molar-refractivity contribution < 1.29 is 18.0 Å². The smallest absolute Gasteiger partial charge is 0.248 e. The number of nitrogens with one attached hydrogen (secondary N) is 1. The maximum Gasteiger partial charge on any atom is 0.248 e. The molecule has 0 aromatic heterocycles. The van der Waals surface area contributed by atoms with Crippen LogP contribution in [-0.4, -0.2) is 54.8 Å². The van der Waals surface area contributed by atoms with Gasteiger partial charge in [0.05, 0.1) is 11.5 Å². The summed E-state index contributed by atoms with van der Waals surface area (Å²) in [6, 6.07) is -0.0493. The maximum atomic E-state index is 12.9. The summed E-state index contributed by atoms with van der Waals surface area (Å²) in [4.78, 5) is 26.6. The minimum Gasteiger partial charge on any atom is -0.342 e. The van der Waals surface area contributed by atoms with Gasteiger partial charge in [0.25, 0.3) is 0 Å². The normalized spacial score (nSPS) is 34.4. The topological polar surface area (TPSA) is 83.6 Å². The number of hydrogen-bond acceptors (Lipinski definition) is 4. The standard InChI is InChI=1S/C14H22N2O4S/c1-14(10-2-3-10)13(18)16(7-4-12(17)15-14)11-5-8-21(19,20)9-6-11/h10-11H,2-9H2,1H3,(H,15,17). The number of sulfone groups is 1. The zero-order chi connectivity index (χ0) is 15.3. The van der Waals surface area contributed by atoms with E-state index in [2.05, 4.69) is 5.32 Å². The van der Waals surface area contributed by atoms with E-state index in [0.717, 1.165) is 12.8 Å². The van der Waals surface area contributed by atoms with Gasteiger partial charge in [-0.3, -0.25) is 9.59 Å². The van der Waals surface area contributed by atoms with E-state index in [1.165, 1.54) is 0 Å². The third-order valence-electron chi connectivity index (χ3n) is 5.04. The Morgan fingerprint density at radius 3 is 2.33 bits per heavy atom. The van der Waals surface area contributed by atoms with Crippen LogP contribution in [0.2, 0.25) is 0 Å². The van der Waals surface area contributed by atoms with E-state index in [1.54, 1.807) is 4.90 Å². The molecule has 1 unspecified atom stereocenters. The molecular formula is C14H22N2O4S. The maximum absolute atomic E-state index is 12.9. The van der Waals surface area contributed by atoms with E-state index in [1.807, 2.05) is 6.92 Å². The molecule has 7 heteroatoms. The molecule has 3 aliphatic rings. The highest BCUT2D eigenvalue weighted by atomic mass is 32.2. The fourth-order valence-corrected chi connectivity index (χ4v) is 4.97. The monoisotopic (exact) mass is 314 g/mol. The van der Waals surface area contributed by atoms with Crippen molar-refractivity contribution in [2.24, 2.45) is 5.92 Å². The first kappa shape index (κ1) is 14.8. The molecule has 2 heterocycles. The summed E-state index contributed by atoms with van der Waals surface area (Å²) in [7, 11) is -2.94. The van der Waals surface area contributed by atoms with Gasteiger partial charge in [0.1, 0.15) is 15.4 Å². The van der Waals surface area contributed by atoms with Crippen molar-refractivity contribution in [3.05, 3.63) is 0 Å². The lowest BCUT2D eigenvalue weighted by Gasteiger charge is -2.38. The summed E-state index contributed by atoms with van der Waals surface area (Å²) in [6.07, 6.45) is 3.22. The largest absolute Gasteiger partial charge is 0.342 e. The minimum absolute atomic E-state index is 0.0276. The second kappa shape index (κ2) is 4.97. The van der Waals surface area contributed by atoms with Crippen LogP contribution in [-0.2, 0) is 19.4 Å². The fraction of sp³-hybridized carbons (Fsp3) is 0.857. The molecule has 21 heavy (non-hydrogen) atoms. The van der Waals surface area contributed by atoms with Gasteiger partial charge < -0.3 is 10.2 Å². The molecule has 0 spiro atoms. The molecule has 1 aliphatic carbocycles. The van der Waals surface area contributed by atoms with Crippen molar-refractivity contribution in [1.82, 2.24) is 10.2 Å². The van der Waals surface area contributed by atoms with Crippen molar-refractivity contribution in [2.75, 3.05) is 18.1 Å². The van der Waals surface area contributed by atoms with E-state index in [9.17, 15) is 18.0 Å². The van der Waals surface area contributed by atoms with Crippen LogP contribution in [0.15, 0.2) is 0 Å². The second-order valence-corrected chi connectivity index (χ2v) is 8.96. The fourth-order valence-electron chi connectivity index (χ4n) is 3.50. The number of nitrogens with zero attached hydrogens (tertiary/aromatic N) is 1. The van der Waals surface area contributed by atoms with Crippen LogP contribution in [0.1, 0.15) is 39.0 Å². The number of hydrogen-bond donors (Lipinski definition) is 1. The zero-order valence-corrected chi connectivity index (χ0v) is 13.1. The lowest BCUT2D eigenvalue weighted by Crippen LogP contribution is -2.59. The molecular weight excluding hydrogens is 292 g/mol. The average molecular weight is 314 g/mol. The molecule has 1 atom stereocenters. The highest BCUT2D eigenvalue weighted by Gasteiger charge is 2.52. The van der Waals surface area contributed by atoms with Crippen molar-refractivity contribution in [2.45, 2.75) is 50.6 Å². The van der Waals surface area contributed by atoms with Crippen LogP contribution < -0.4 is 5.32 Å². The lowest BCUT2D eigenvalue weighted by molar-refractivity contribution is -0.141. The molecule has 6 nitrogen and oxygen atoms in total. The van der Waals surface area contributed by atoms with Gasteiger partial charge in [-0.25, -0.2) is 8.42 Å². The molecule has 2 saturated heterocycles.